The third kappa shape index (κ3) is 3.44. The van der Waals surface area contributed by atoms with Gasteiger partial charge in [0, 0.05) is 32.5 Å². The smallest absolute Gasteiger partial charge is 0.293 e. The molecule has 0 radical (unpaired) electrons. The summed E-state index contributed by atoms with van der Waals surface area (Å²) in [7, 11) is 1.79. The lowest BCUT2D eigenvalue weighted by molar-refractivity contribution is -0.122. The first-order valence-electron chi connectivity index (χ1n) is 9.82. The molecule has 28 heavy (non-hydrogen) atoms. The summed E-state index contributed by atoms with van der Waals surface area (Å²) in [6, 6.07) is 15.7. The molecule has 0 unspecified atom stereocenters. The van der Waals surface area contributed by atoms with Crippen LogP contribution in [0.2, 0.25) is 0 Å². The summed E-state index contributed by atoms with van der Waals surface area (Å²) < 4.78 is 1.66. The summed E-state index contributed by atoms with van der Waals surface area (Å²) in [5.74, 6) is 0.847. The molecule has 5 nitrogen and oxygen atoms in total. The van der Waals surface area contributed by atoms with Crippen molar-refractivity contribution in [3.63, 3.8) is 0 Å². The van der Waals surface area contributed by atoms with E-state index in [1.165, 1.54) is 0 Å². The molecule has 0 N–H and O–H groups in total. The van der Waals surface area contributed by atoms with Crippen LogP contribution in [0.5, 0.6) is 0 Å². The molecule has 1 aromatic heterocycles. The van der Waals surface area contributed by atoms with Gasteiger partial charge in [-0.15, -0.1) is 0 Å². The predicted octanol–water partition coefficient (Wildman–Crippen LogP) is 3.27. The van der Waals surface area contributed by atoms with Crippen molar-refractivity contribution < 1.29 is 4.79 Å². The number of carbonyl (C=O) groups excluding carboxylic acids is 1. The number of hydrogen-bond donors (Lipinski definition) is 0. The molecule has 0 saturated carbocycles. The zero-order valence-corrected chi connectivity index (χ0v) is 16.4. The maximum atomic E-state index is 12.8. The van der Waals surface area contributed by atoms with Crippen molar-refractivity contribution in [3.8, 4) is 0 Å². The van der Waals surface area contributed by atoms with Crippen molar-refractivity contribution in [1.82, 2.24) is 9.55 Å². The normalized spacial score (nSPS) is 15.1. The highest BCUT2D eigenvalue weighted by Gasteiger charge is 2.27. The standard InChI is InChI=1S/C23H25N3O2/c1-16-7-3-4-8-18(16)15-21(27)17-11-13-26(14-12-17)22-23(28)25(2)20-10-6-5-9-19(20)24-22/h3-10,17H,11-15H2,1-2H3. The topological polar surface area (TPSA) is 55.2 Å². The van der Waals surface area contributed by atoms with Crippen LogP contribution in [0.3, 0.4) is 0 Å². The number of carbonyl (C=O) groups is 1. The van der Waals surface area contributed by atoms with Gasteiger partial charge in [-0.3, -0.25) is 9.59 Å². The van der Waals surface area contributed by atoms with Gasteiger partial charge < -0.3 is 9.47 Å². The van der Waals surface area contributed by atoms with E-state index in [0.29, 0.717) is 31.1 Å². The third-order valence-corrected chi connectivity index (χ3v) is 5.84. The van der Waals surface area contributed by atoms with Gasteiger partial charge in [-0.25, -0.2) is 4.98 Å². The highest BCUT2D eigenvalue weighted by molar-refractivity contribution is 5.84. The largest absolute Gasteiger partial charge is 0.352 e. The molecule has 5 heteroatoms. The number of aromatic nitrogens is 2. The lowest BCUT2D eigenvalue weighted by atomic mass is 9.88. The average molecular weight is 375 g/mol. The molecule has 2 heterocycles. The Morgan fingerprint density at radius 3 is 2.50 bits per heavy atom. The zero-order chi connectivity index (χ0) is 19.7. The van der Waals surface area contributed by atoms with E-state index in [9.17, 15) is 9.59 Å². The Kier molecular flexibility index (Phi) is 4.99. The summed E-state index contributed by atoms with van der Waals surface area (Å²) >= 11 is 0. The Morgan fingerprint density at radius 1 is 1.07 bits per heavy atom. The van der Waals surface area contributed by atoms with E-state index in [1.54, 1.807) is 11.6 Å². The highest BCUT2D eigenvalue weighted by Crippen LogP contribution is 2.24. The van der Waals surface area contributed by atoms with Gasteiger partial charge in [0.25, 0.3) is 5.56 Å². The minimum atomic E-state index is -0.0802. The maximum absolute atomic E-state index is 12.8. The number of fused-ring (bicyclic) bond motifs is 1. The van der Waals surface area contributed by atoms with Gasteiger partial charge in [0.1, 0.15) is 5.78 Å². The predicted molar refractivity (Wildman–Crippen MR) is 112 cm³/mol. The Hall–Kier alpha value is -2.95. The molecule has 0 spiro atoms. The fourth-order valence-corrected chi connectivity index (χ4v) is 4.02. The summed E-state index contributed by atoms with van der Waals surface area (Å²) in [5.41, 5.74) is 3.84. The monoisotopic (exact) mass is 375 g/mol. The van der Waals surface area contributed by atoms with Crippen molar-refractivity contribution in [1.29, 1.82) is 0 Å². The number of hydrogen-bond acceptors (Lipinski definition) is 4. The minimum absolute atomic E-state index is 0.0557. The number of Topliss-reactive ketones (excluding diaryl/α,β-unsaturated/α-hetero) is 1. The number of para-hydroxylation sites is 2. The summed E-state index contributed by atoms with van der Waals surface area (Å²) in [6.45, 7) is 3.42. The molecule has 2 aromatic carbocycles. The maximum Gasteiger partial charge on any atom is 0.293 e. The van der Waals surface area contributed by atoms with E-state index in [1.807, 2.05) is 60.4 Å². The van der Waals surface area contributed by atoms with Crippen LogP contribution in [-0.4, -0.2) is 28.4 Å². The Balaban J connectivity index is 1.48. The van der Waals surface area contributed by atoms with E-state index in [0.717, 1.165) is 35.0 Å². The first-order chi connectivity index (χ1) is 13.5. The molecule has 0 aliphatic carbocycles. The number of piperidine rings is 1. The molecule has 1 aliphatic heterocycles. The molecule has 1 saturated heterocycles. The van der Waals surface area contributed by atoms with Crippen molar-refractivity contribution in [2.24, 2.45) is 13.0 Å². The van der Waals surface area contributed by atoms with Gasteiger partial charge in [0.2, 0.25) is 0 Å². The van der Waals surface area contributed by atoms with Gasteiger partial charge in [0.15, 0.2) is 5.82 Å². The van der Waals surface area contributed by atoms with Gasteiger partial charge in [-0.2, -0.15) is 0 Å². The summed E-state index contributed by atoms with van der Waals surface area (Å²) in [6.07, 6.45) is 2.03. The Morgan fingerprint density at radius 2 is 1.75 bits per heavy atom. The lowest BCUT2D eigenvalue weighted by Gasteiger charge is -2.32. The molecule has 0 bridgehead atoms. The first-order valence-corrected chi connectivity index (χ1v) is 9.82. The van der Waals surface area contributed by atoms with Crippen molar-refractivity contribution in [2.45, 2.75) is 26.2 Å². The molecule has 4 rings (SSSR count). The van der Waals surface area contributed by atoms with Gasteiger partial charge >= 0.3 is 0 Å². The number of anilines is 1. The van der Waals surface area contributed by atoms with Crippen LogP contribution >= 0.6 is 0 Å². The fourth-order valence-electron chi connectivity index (χ4n) is 4.02. The Bertz CT molecular complexity index is 1080. The van der Waals surface area contributed by atoms with Crippen LogP contribution in [0.25, 0.3) is 11.0 Å². The zero-order valence-electron chi connectivity index (χ0n) is 16.4. The Labute approximate surface area is 164 Å². The number of nitrogens with zero attached hydrogens (tertiary/aromatic N) is 3. The van der Waals surface area contributed by atoms with E-state index in [4.69, 9.17) is 0 Å². The summed E-state index contributed by atoms with van der Waals surface area (Å²) in [4.78, 5) is 32.2. The van der Waals surface area contributed by atoms with Crippen LogP contribution in [0.4, 0.5) is 5.82 Å². The first kappa shape index (κ1) is 18.4. The van der Waals surface area contributed by atoms with Crippen LogP contribution in [0, 0.1) is 12.8 Å². The molecule has 0 amide bonds. The second-order valence-corrected chi connectivity index (χ2v) is 7.62. The van der Waals surface area contributed by atoms with E-state index in [-0.39, 0.29) is 11.5 Å². The van der Waals surface area contributed by atoms with Crippen LogP contribution in [0.1, 0.15) is 24.0 Å². The molecule has 3 aromatic rings. The second kappa shape index (κ2) is 7.58. The highest BCUT2D eigenvalue weighted by atomic mass is 16.1. The molecule has 0 atom stereocenters. The molecule has 1 fully saturated rings. The molecule has 1 aliphatic rings. The fraction of sp³-hybridized carbons (Fsp3) is 0.348. The van der Waals surface area contributed by atoms with Gasteiger partial charge in [-0.05, 0) is 43.0 Å². The quantitative estimate of drug-likeness (QED) is 0.702. The number of rotatable bonds is 4. The second-order valence-electron chi connectivity index (χ2n) is 7.62. The lowest BCUT2D eigenvalue weighted by Crippen LogP contribution is -2.41. The SMILES string of the molecule is Cc1ccccc1CC(=O)C1CCN(c2nc3ccccc3n(C)c2=O)CC1. The number of aryl methyl sites for hydroxylation is 2. The molecular formula is C23H25N3O2. The van der Waals surface area contributed by atoms with Crippen molar-refractivity contribution in [3.05, 3.63) is 70.0 Å². The van der Waals surface area contributed by atoms with E-state index in [2.05, 4.69) is 4.98 Å². The minimum Gasteiger partial charge on any atom is -0.352 e. The van der Waals surface area contributed by atoms with E-state index < -0.39 is 0 Å². The van der Waals surface area contributed by atoms with Crippen LogP contribution in [-0.2, 0) is 18.3 Å². The van der Waals surface area contributed by atoms with Crippen molar-refractivity contribution in [2.75, 3.05) is 18.0 Å². The van der Waals surface area contributed by atoms with Gasteiger partial charge in [0.05, 0.1) is 11.0 Å². The van der Waals surface area contributed by atoms with Crippen LogP contribution in [0.15, 0.2) is 53.3 Å². The van der Waals surface area contributed by atoms with Gasteiger partial charge in [-0.1, -0.05) is 36.4 Å². The number of benzene rings is 2. The van der Waals surface area contributed by atoms with Crippen LogP contribution < -0.4 is 10.5 Å². The average Bonchev–Trinajstić information content (AvgIpc) is 2.72. The third-order valence-electron chi connectivity index (χ3n) is 5.84. The molecular weight excluding hydrogens is 350 g/mol. The van der Waals surface area contributed by atoms with Crippen molar-refractivity contribution >= 4 is 22.6 Å². The number of ketones is 1. The molecule has 144 valence electrons. The summed E-state index contributed by atoms with van der Waals surface area (Å²) in [5, 5.41) is 0. The van der Waals surface area contributed by atoms with E-state index >= 15 is 0 Å².